The molecule has 0 aliphatic rings. The molecule has 94 valence electrons. The number of hydrazine groups is 1. The molecule has 0 aromatic carbocycles. The number of aromatic nitrogens is 2. The van der Waals surface area contributed by atoms with E-state index in [1.54, 1.807) is 7.11 Å². The van der Waals surface area contributed by atoms with Crippen molar-refractivity contribution in [2.75, 3.05) is 32.2 Å². The van der Waals surface area contributed by atoms with E-state index in [-0.39, 0.29) is 0 Å². The molecule has 8 heteroatoms. The molecule has 0 saturated carbocycles. The van der Waals surface area contributed by atoms with Crippen molar-refractivity contribution in [3.8, 4) is 6.07 Å². The van der Waals surface area contributed by atoms with Gasteiger partial charge in [-0.25, -0.2) is 5.84 Å². The maximum absolute atomic E-state index is 8.60. The molecule has 0 fully saturated rings. The van der Waals surface area contributed by atoms with E-state index in [0.29, 0.717) is 26.1 Å². The van der Waals surface area contributed by atoms with Gasteiger partial charge < -0.3 is 10.2 Å². The van der Waals surface area contributed by atoms with Crippen LogP contribution in [0, 0.1) is 11.3 Å². The molecule has 0 atom stereocenters. The molecule has 1 rings (SSSR count). The maximum Gasteiger partial charge on any atom is 0.148 e. The van der Waals surface area contributed by atoms with Crippen LogP contribution in [0.2, 0.25) is 0 Å². The number of nitrogens with two attached hydrogens (primary N) is 1. The highest BCUT2D eigenvalue weighted by molar-refractivity contribution is 7.10. The SMILES string of the molecule is COCCN(CCC#N)Cc1nnsc1NN. The molecule has 17 heavy (non-hydrogen) atoms. The van der Waals surface area contributed by atoms with Gasteiger partial charge in [-0.1, -0.05) is 4.49 Å². The van der Waals surface area contributed by atoms with Gasteiger partial charge in [-0.2, -0.15) is 5.26 Å². The van der Waals surface area contributed by atoms with Crippen LogP contribution in [-0.4, -0.2) is 41.3 Å². The summed E-state index contributed by atoms with van der Waals surface area (Å²) < 4.78 is 8.86. The molecule has 0 radical (unpaired) electrons. The summed E-state index contributed by atoms with van der Waals surface area (Å²) in [5.41, 5.74) is 3.36. The van der Waals surface area contributed by atoms with Crippen molar-refractivity contribution in [3.63, 3.8) is 0 Å². The number of methoxy groups -OCH3 is 1. The predicted molar refractivity (Wildman–Crippen MR) is 65.1 cm³/mol. The third kappa shape index (κ3) is 4.62. The van der Waals surface area contributed by atoms with Gasteiger partial charge >= 0.3 is 0 Å². The summed E-state index contributed by atoms with van der Waals surface area (Å²) in [4.78, 5) is 2.09. The maximum atomic E-state index is 8.60. The lowest BCUT2D eigenvalue weighted by Crippen LogP contribution is -2.28. The first-order valence-corrected chi connectivity index (χ1v) is 5.95. The van der Waals surface area contributed by atoms with E-state index in [1.165, 1.54) is 11.5 Å². The number of rotatable bonds is 8. The Labute approximate surface area is 104 Å². The fourth-order valence-corrected chi connectivity index (χ4v) is 1.82. The van der Waals surface area contributed by atoms with Gasteiger partial charge in [0.2, 0.25) is 0 Å². The summed E-state index contributed by atoms with van der Waals surface area (Å²) in [5, 5.41) is 13.4. The molecular formula is C9H16N6OS. The fourth-order valence-electron chi connectivity index (χ4n) is 1.33. The molecule has 0 bridgehead atoms. The summed E-state index contributed by atoms with van der Waals surface area (Å²) in [6.45, 7) is 2.66. The third-order valence-electron chi connectivity index (χ3n) is 2.21. The second-order valence-corrected chi connectivity index (χ2v) is 4.12. The van der Waals surface area contributed by atoms with Crippen LogP contribution in [0.3, 0.4) is 0 Å². The van der Waals surface area contributed by atoms with Crippen molar-refractivity contribution in [3.05, 3.63) is 5.69 Å². The van der Waals surface area contributed by atoms with Crippen molar-refractivity contribution in [2.24, 2.45) is 5.84 Å². The van der Waals surface area contributed by atoms with Crippen molar-refractivity contribution in [2.45, 2.75) is 13.0 Å². The Balaban J connectivity index is 2.55. The molecule has 0 amide bonds. The number of nitrogens with zero attached hydrogens (tertiary/aromatic N) is 4. The fraction of sp³-hybridized carbons (Fsp3) is 0.667. The van der Waals surface area contributed by atoms with Gasteiger partial charge in [0.1, 0.15) is 10.7 Å². The Morgan fingerprint density at radius 1 is 1.59 bits per heavy atom. The zero-order chi connectivity index (χ0) is 12.5. The van der Waals surface area contributed by atoms with Gasteiger partial charge in [0.25, 0.3) is 0 Å². The predicted octanol–water partition coefficient (Wildman–Crippen LogP) is 0.186. The highest BCUT2D eigenvalue weighted by Gasteiger charge is 2.12. The van der Waals surface area contributed by atoms with E-state index in [1.807, 2.05) is 0 Å². The van der Waals surface area contributed by atoms with Gasteiger partial charge in [-0.3, -0.25) is 4.90 Å². The van der Waals surface area contributed by atoms with Crippen molar-refractivity contribution >= 4 is 16.5 Å². The molecule has 0 saturated heterocycles. The van der Waals surface area contributed by atoms with Crippen LogP contribution in [0.5, 0.6) is 0 Å². The first kappa shape index (κ1) is 13.8. The lowest BCUT2D eigenvalue weighted by Gasteiger charge is -2.19. The monoisotopic (exact) mass is 256 g/mol. The number of hydrogen-bond donors (Lipinski definition) is 2. The van der Waals surface area contributed by atoms with Crippen LogP contribution >= 0.6 is 11.5 Å². The lowest BCUT2D eigenvalue weighted by atomic mass is 10.3. The lowest BCUT2D eigenvalue weighted by molar-refractivity contribution is 0.144. The van der Waals surface area contributed by atoms with Crippen molar-refractivity contribution in [1.82, 2.24) is 14.5 Å². The average Bonchev–Trinajstić information content (AvgIpc) is 2.79. The summed E-state index contributed by atoms with van der Waals surface area (Å²) in [6.07, 6.45) is 0.479. The molecule has 0 spiro atoms. The minimum absolute atomic E-state index is 0.479. The molecule has 1 aromatic heterocycles. The topological polar surface area (TPSA) is 100 Å². The third-order valence-corrected chi connectivity index (χ3v) is 2.91. The number of nitrogen functional groups attached to an aromatic ring is 1. The quantitative estimate of drug-likeness (QED) is 0.505. The van der Waals surface area contributed by atoms with Crippen LogP contribution in [0.1, 0.15) is 12.1 Å². The van der Waals surface area contributed by atoms with E-state index in [2.05, 4.69) is 26.0 Å². The number of nitrogens with one attached hydrogen (secondary N) is 1. The molecule has 0 aliphatic carbocycles. The Morgan fingerprint density at radius 2 is 2.41 bits per heavy atom. The number of anilines is 1. The first-order valence-electron chi connectivity index (χ1n) is 5.18. The summed E-state index contributed by atoms with van der Waals surface area (Å²) in [7, 11) is 1.65. The van der Waals surface area contributed by atoms with Crippen LogP contribution in [0.4, 0.5) is 5.00 Å². The minimum Gasteiger partial charge on any atom is -0.383 e. The van der Waals surface area contributed by atoms with Gasteiger partial charge in [-0.05, 0) is 0 Å². The molecule has 7 nitrogen and oxygen atoms in total. The van der Waals surface area contributed by atoms with E-state index in [9.17, 15) is 0 Å². The largest absolute Gasteiger partial charge is 0.383 e. The van der Waals surface area contributed by atoms with E-state index < -0.39 is 0 Å². The highest BCUT2D eigenvalue weighted by Crippen LogP contribution is 2.17. The Hall–Kier alpha value is -1.27. The van der Waals surface area contributed by atoms with Gasteiger partial charge in [0.05, 0.1) is 12.7 Å². The average molecular weight is 256 g/mol. The van der Waals surface area contributed by atoms with Crippen LogP contribution in [0.25, 0.3) is 0 Å². The molecule has 1 heterocycles. The van der Waals surface area contributed by atoms with Crippen LogP contribution in [-0.2, 0) is 11.3 Å². The van der Waals surface area contributed by atoms with Crippen molar-refractivity contribution < 1.29 is 4.74 Å². The Kier molecular flexibility index (Phi) is 6.42. The first-order chi connectivity index (χ1) is 8.31. The van der Waals surface area contributed by atoms with E-state index >= 15 is 0 Å². The molecule has 1 aromatic rings. The highest BCUT2D eigenvalue weighted by atomic mass is 32.1. The van der Waals surface area contributed by atoms with E-state index in [4.69, 9.17) is 15.8 Å². The zero-order valence-electron chi connectivity index (χ0n) is 9.72. The standard InChI is InChI=1S/C9H16N6OS/c1-16-6-5-15(4-2-3-10)7-8-9(12-11)17-14-13-8/h12H,2,4-7,11H2,1H3. The smallest absolute Gasteiger partial charge is 0.148 e. The van der Waals surface area contributed by atoms with Gasteiger partial charge in [0, 0.05) is 44.7 Å². The summed E-state index contributed by atoms with van der Waals surface area (Å²) in [5.74, 6) is 5.36. The van der Waals surface area contributed by atoms with Crippen molar-refractivity contribution in [1.29, 1.82) is 5.26 Å². The molecule has 0 unspecified atom stereocenters. The minimum atomic E-state index is 0.479. The normalized spacial score (nSPS) is 10.5. The van der Waals surface area contributed by atoms with E-state index in [0.717, 1.165) is 17.2 Å². The summed E-state index contributed by atoms with van der Waals surface area (Å²) >= 11 is 1.22. The number of hydrogen-bond acceptors (Lipinski definition) is 8. The van der Waals surface area contributed by atoms with Gasteiger partial charge in [-0.15, -0.1) is 5.10 Å². The molecular weight excluding hydrogens is 240 g/mol. The Morgan fingerprint density at radius 3 is 3.06 bits per heavy atom. The van der Waals surface area contributed by atoms with Crippen LogP contribution in [0.15, 0.2) is 0 Å². The number of ether oxygens (including phenoxy) is 1. The Bertz CT molecular complexity index is 363. The number of nitriles is 1. The van der Waals surface area contributed by atoms with Crippen LogP contribution < -0.4 is 11.3 Å². The zero-order valence-corrected chi connectivity index (χ0v) is 10.5. The molecule has 3 N–H and O–H groups in total. The second-order valence-electron chi connectivity index (χ2n) is 3.37. The van der Waals surface area contributed by atoms with Gasteiger partial charge in [0.15, 0.2) is 0 Å². The summed E-state index contributed by atoms with van der Waals surface area (Å²) in [6, 6.07) is 2.13. The molecule has 0 aliphatic heterocycles. The second kappa shape index (κ2) is 7.92.